The van der Waals surface area contributed by atoms with Crippen LogP contribution in [0.5, 0.6) is 5.75 Å². The van der Waals surface area contributed by atoms with E-state index in [4.69, 9.17) is 27.9 Å². The van der Waals surface area contributed by atoms with Crippen LogP contribution in [0.2, 0.25) is 10.0 Å². The van der Waals surface area contributed by atoms with Crippen LogP contribution in [-0.2, 0) is 13.0 Å². The zero-order valence-corrected chi connectivity index (χ0v) is 16.6. The number of carbonyl (C=O) groups is 1. The number of aromatic nitrogens is 2. The molecule has 0 fully saturated rings. The molecule has 1 heterocycles. The van der Waals surface area contributed by atoms with Crippen molar-refractivity contribution in [2.75, 3.05) is 6.61 Å². The standard InChI is InChI=1S/C22H18Cl2N2O2/c23-20-2-1-3-21(24)19(20)13-16-5-4-15-12-17(6-7-18(15)22(16)27)28-11-10-26-9-8-25-14-26/h1-3,6-9,12-14H,4-5,10-11H2/b16-13+. The first-order chi connectivity index (χ1) is 13.6. The van der Waals surface area contributed by atoms with E-state index in [0.29, 0.717) is 34.2 Å². The van der Waals surface area contributed by atoms with Gasteiger partial charge in [0, 0.05) is 39.1 Å². The summed E-state index contributed by atoms with van der Waals surface area (Å²) in [6, 6.07) is 11.0. The van der Waals surface area contributed by atoms with Crippen molar-refractivity contribution in [3.63, 3.8) is 0 Å². The summed E-state index contributed by atoms with van der Waals surface area (Å²) in [6.45, 7) is 1.26. The van der Waals surface area contributed by atoms with E-state index in [1.807, 2.05) is 35.0 Å². The minimum absolute atomic E-state index is 0.0159. The summed E-state index contributed by atoms with van der Waals surface area (Å²) < 4.78 is 7.78. The smallest absolute Gasteiger partial charge is 0.189 e. The van der Waals surface area contributed by atoms with Crippen LogP contribution in [0.1, 0.15) is 27.9 Å². The fourth-order valence-electron chi connectivity index (χ4n) is 3.29. The molecule has 0 unspecified atom stereocenters. The predicted molar refractivity (Wildman–Crippen MR) is 111 cm³/mol. The summed E-state index contributed by atoms with van der Waals surface area (Å²) >= 11 is 12.5. The molecule has 0 radical (unpaired) electrons. The number of nitrogens with zero attached hydrogens (tertiary/aromatic N) is 2. The Morgan fingerprint density at radius 2 is 1.96 bits per heavy atom. The van der Waals surface area contributed by atoms with Gasteiger partial charge in [-0.2, -0.15) is 0 Å². The van der Waals surface area contributed by atoms with Crippen molar-refractivity contribution in [2.24, 2.45) is 0 Å². The van der Waals surface area contributed by atoms with E-state index in [1.54, 1.807) is 30.7 Å². The van der Waals surface area contributed by atoms with Crippen molar-refractivity contribution >= 4 is 35.1 Å². The van der Waals surface area contributed by atoms with Crippen molar-refractivity contribution in [1.82, 2.24) is 9.55 Å². The summed E-state index contributed by atoms with van der Waals surface area (Å²) in [6.07, 6.45) is 8.62. The van der Waals surface area contributed by atoms with Gasteiger partial charge in [-0.15, -0.1) is 0 Å². The van der Waals surface area contributed by atoms with Gasteiger partial charge in [0.2, 0.25) is 0 Å². The van der Waals surface area contributed by atoms with Gasteiger partial charge in [-0.1, -0.05) is 29.3 Å². The number of fused-ring (bicyclic) bond motifs is 1. The number of ether oxygens (including phenoxy) is 1. The highest BCUT2D eigenvalue weighted by atomic mass is 35.5. The summed E-state index contributed by atoms with van der Waals surface area (Å²) in [5.74, 6) is 0.787. The molecule has 0 saturated heterocycles. The minimum atomic E-state index is 0.0159. The third-order valence-electron chi connectivity index (χ3n) is 4.77. The van der Waals surface area contributed by atoms with Gasteiger partial charge in [-0.3, -0.25) is 4.79 Å². The van der Waals surface area contributed by atoms with Gasteiger partial charge < -0.3 is 9.30 Å². The van der Waals surface area contributed by atoms with Crippen LogP contribution in [0.3, 0.4) is 0 Å². The molecule has 6 heteroatoms. The molecule has 1 aliphatic carbocycles. The second-order valence-corrected chi connectivity index (χ2v) is 7.42. The van der Waals surface area contributed by atoms with Crippen LogP contribution in [0, 0.1) is 0 Å². The van der Waals surface area contributed by atoms with Gasteiger partial charge >= 0.3 is 0 Å². The molecule has 0 spiro atoms. The van der Waals surface area contributed by atoms with E-state index in [0.717, 1.165) is 29.9 Å². The number of hydrogen-bond donors (Lipinski definition) is 0. The average Bonchev–Trinajstić information content (AvgIpc) is 3.20. The lowest BCUT2D eigenvalue weighted by molar-refractivity contribution is 0.102. The quantitative estimate of drug-likeness (QED) is 0.520. The first kappa shape index (κ1) is 18.8. The van der Waals surface area contributed by atoms with Crippen molar-refractivity contribution in [2.45, 2.75) is 19.4 Å². The first-order valence-corrected chi connectivity index (χ1v) is 9.78. The highest BCUT2D eigenvalue weighted by Crippen LogP contribution is 2.32. The number of rotatable bonds is 5. The maximum absolute atomic E-state index is 12.9. The van der Waals surface area contributed by atoms with Crippen LogP contribution in [0.15, 0.2) is 60.7 Å². The molecular weight excluding hydrogens is 395 g/mol. The number of halogens is 2. The third kappa shape index (κ3) is 3.98. The Morgan fingerprint density at radius 1 is 1.14 bits per heavy atom. The minimum Gasteiger partial charge on any atom is -0.492 e. The number of aryl methyl sites for hydroxylation is 1. The van der Waals surface area contributed by atoms with Gasteiger partial charge in [0.05, 0.1) is 12.9 Å². The molecule has 3 aromatic rings. The SMILES string of the molecule is O=C1/C(=C/c2c(Cl)cccc2Cl)CCc2cc(OCCn3ccnc3)ccc21. The Labute approximate surface area is 173 Å². The number of Topliss-reactive ketones (excluding diaryl/α,β-unsaturated/α-hetero) is 1. The van der Waals surface area contributed by atoms with E-state index in [-0.39, 0.29) is 5.78 Å². The highest BCUT2D eigenvalue weighted by molar-refractivity contribution is 6.37. The maximum atomic E-state index is 12.9. The van der Waals surface area contributed by atoms with E-state index in [2.05, 4.69) is 4.98 Å². The van der Waals surface area contributed by atoms with Crippen LogP contribution in [0.4, 0.5) is 0 Å². The molecule has 0 N–H and O–H groups in total. The Kier molecular flexibility index (Phi) is 5.51. The first-order valence-electron chi connectivity index (χ1n) is 9.02. The molecule has 142 valence electrons. The van der Waals surface area contributed by atoms with Crippen LogP contribution in [-0.4, -0.2) is 21.9 Å². The normalized spacial score (nSPS) is 14.9. The lowest BCUT2D eigenvalue weighted by Gasteiger charge is -2.19. The molecule has 2 aromatic carbocycles. The van der Waals surface area contributed by atoms with Crippen molar-refractivity contribution < 1.29 is 9.53 Å². The number of allylic oxidation sites excluding steroid dienone is 1. The Hall–Kier alpha value is -2.56. The topological polar surface area (TPSA) is 44.1 Å². The molecule has 28 heavy (non-hydrogen) atoms. The molecular formula is C22H18Cl2N2O2. The summed E-state index contributed by atoms with van der Waals surface area (Å²) in [7, 11) is 0. The third-order valence-corrected chi connectivity index (χ3v) is 5.43. The van der Waals surface area contributed by atoms with Crippen molar-refractivity contribution in [3.05, 3.63) is 87.4 Å². The molecule has 4 nitrogen and oxygen atoms in total. The zero-order chi connectivity index (χ0) is 19.5. The van der Waals surface area contributed by atoms with E-state index in [9.17, 15) is 4.79 Å². The van der Waals surface area contributed by atoms with Crippen molar-refractivity contribution in [1.29, 1.82) is 0 Å². The molecule has 0 atom stereocenters. The van der Waals surface area contributed by atoms with Gasteiger partial charge in [0.1, 0.15) is 12.4 Å². The number of ketones is 1. The largest absolute Gasteiger partial charge is 0.492 e. The van der Waals surface area contributed by atoms with E-state index >= 15 is 0 Å². The molecule has 0 aliphatic heterocycles. The summed E-state index contributed by atoms with van der Waals surface area (Å²) in [4.78, 5) is 16.9. The van der Waals surface area contributed by atoms with E-state index in [1.165, 1.54) is 0 Å². The van der Waals surface area contributed by atoms with E-state index < -0.39 is 0 Å². The Morgan fingerprint density at radius 3 is 2.71 bits per heavy atom. The lowest BCUT2D eigenvalue weighted by Crippen LogP contribution is -2.14. The Bertz CT molecular complexity index is 1020. The lowest BCUT2D eigenvalue weighted by atomic mass is 9.86. The molecule has 1 aliphatic rings. The molecule has 0 amide bonds. The van der Waals surface area contributed by atoms with Gasteiger partial charge in [-0.05, 0) is 54.8 Å². The molecule has 1 aromatic heterocycles. The zero-order valence-electron chi connectivity index (χ0n) is 15.1. The monoisotopic (exact) mass is 412 g/mol. The molecule has 0 bridgehead atoms. The van der Waals surface area contributed by atoms with Crippen molar-refractivity contribution in [3.8, 4) is 5.75 Å². The predicted octanol–water partition coefficient (Wildman–Crippen LogP) is 5.48. The maximum Gasteiger partial charge on any atom is 0.189 e. The molecule has 4 rings (SSSR count). The van der Waals surface area contributed by atoms with Crippen LogP contribution < -0.4 is 4.74 Å². The number of benzene rings is 2. The highest BCUT2D eigenvalue weighted by Gasteiger charge is 2.23. The summed E-state index contributed by atoms with van der Waals surface area (Å²) in [5.41, 5.74) is 3.13. The second kappa shape index (κ2) is 8.21. The van der Waals surface area contributed by atoms with Crippen LogP contribution >= 0.6 is 23.2 Å². The van der Waals surface area contributed by atoms with Gasteiger partial charge in [0.25, 0.3) is 0 Å². The van der Waals surface area contributed by atoms with Crippen LogP contribution in [0.25, 0.3) is 6.08 Å². The van der Waals surface area contributed by atoms with Gasteiger partial charge in [-0.25, -0.2) is 4.98 Å². The number of hydrogen-bond acceptors (Lipinski definition) is 3. The average molecular weight is 413 g/mol. The number of carbonyl (C=O) groups excluding carboxylic acids is 1. The Balaban J connectivity index is 1.50. The fourth-order valence-corrected chi connectivity index (χ4v) is 3.80. The second-order valence-electron chi connectivity index (χ2n) is 6.60. The molecule has 0 saturated carbocycles. The van der Waals surface area contributed by atoms with Gasteiger partial charge in [0.15, 0.2) is 5.78 Å². The number of imidazole rings is 1. The summed E-state index contributed by atoms with van der Waals surface area (Å²) in [5, 5.41) is 1.08. The fraction of sp³-hybridized carbons (Fsp3) is 0.182.